The lowest BCUT2D eigenvalue weighted by Crippen LogP contribution is -2.22. The molecule has 0 aliphatic rings. The van der Waals surface area contributed by atoms with Crippen molar-refractivity contribution in [2.45, 2.75) is 11.5 Å². The first-order valence-corrected chi connectivity index (χ1v) is 9.25. The molecule has 2 aromatic rings. The second-order valence-electron chi connectivity index (χ2n) is 5.23. The molecule has 28 heavy (non-hydrogen) atoms. The van der Waals surface area contributed by atoms with E-state index >= 15 is 0 Å². The fourth-order valence-electron chi connectivity index (χ4n) is 2.06. The maximum atomic E-state index is 12.4. The number of alkyl halides is 2. The summed E-state index contributed by atoms with van der Waals surface area (Å²) in [5.41, 5.74) is 0.0229. The molecule has 0 atom stereocenters. The van der Waals surface area contributed by atoms with Gasteiger partial charge in [0.25, 0.3) is 5.91 Å². The topological polar surface area (TPSA) is 111 Å². The van der Waals surface area contributed by atoms with Gasteiger partial charge in [-0.05, 0) is 43.4 Å². The third-order valence-electron chi connectivity index (χ3n) is 3.38. The molecule has 0 saturated carbocycles. The second kappa shape index (κ2) is 9.24. The first-order chi connectivity index (χ1) is 13.2. The van der Waals surface area contributed by atoms with Crippen LogP contribution in [0.25, 0.3) is 0 Å². The van der Waals surface area contributed by atoms with Crippen LogP contribution in [0.3, 0.4) is 0 Å². The molecule has 0 aromatic heterocycles. The number of para-hydroxylation sites is 2. The molecule has 150 valence electrons. The van der Waals surface area contributed by atoms with Crippen molar-refractivity contribution in [3.63, 3.8) is 0 Å². The maximum absolute atomic E-state index is 12.4. The number of rotatable bonds is 8. The molecule has 2 N–H and O–H groups in total. The third-order valence-corrected chi connectivity index (χ3v) is 4.81. The van der Waals surface area contributed by atoms with Gasteiger partial charge >= 0.3 is 12.6 Å². The number of sulfonamides is 1. The Balaban J connectivity index is 1.95. The van der Waals surface area contributed by atoms with Gasteiger partial charge in [0.1, 0.15) is 5.75 Å². The highest BCUT2D eigenvalue weighted by molar-refractivity contribution is 7.89. The van der Waals surface area contributed by atoms with Crippen molar-refractivity contribution in [1.29, 1.82) is 0 Å². The van der Waals surface area contributed by atoms with Crippen molar-refractivity contribution in [1.82, 2.24) is 4.72 Å². The highest BCUT2D eigenvalue weighted by Gasteiger charge is 2.16. The number of ether oxygens (including phenoxy) is 2. The van der Waals surface area contributed by atoms with Crippen LogP contribution in [-0.4, -0.2) is 40.6 Å². The molecule has 0 unspecified atom stereocenters. The Morgan fingerprint density at radius 2 is 1.71 bits per heavy atom. The number of hydrogen-bond donors (Lipinski definition) is 2. The summed E-state index contributed by atoms with van der Waals surface area (Å²) in [6, 6.07) is 10.4. The third kappa shape index (κ3) is 5.72. The van der Waals surface area contributed by atoms with Gasteiger partial charge in [0.05, 0.1) is 16.1 Å². The van der Waals surface area contributed by atoms with Gasteiger partial charge in [-0.3, -0.25) is 4.79 Å². The minimum Gasteiger partial charge on any atom is -0.452 e. The molecule has 0 saturated heterocycles. The fraction of sp³-hybridized carbons (Fsp3) is 0.176. The van der Waals surface area contributed by atoms with E-state index in [0.29, 0.717) is 0 Å². The van der Waals surface area contributed by atoms with E-state index in [2.05, 4.69) is 14.8 Å². The normalized spacial score (nSPS) is 11.1. The fourth-order valence-corrected chi connectivity index (χ4v) is 2.79. The number of halogens is 2. The number of esters is 1. The van der Waals surface area contributed by atoms with Crippen molar-refractivity contribution in [2.24, 2.45) is 0 Å². The van der Waals surface area contributed by atoms with E-state index in [-0.39, 0.29) is 21.9 Å². The van der Waals surface area contributed by atoms with E-state index in [1.54, 1.807) is 0 Å². The average molecular weight is 414 g/mol. The molecule has 2 rings (SSSR count). The van der Waals surface area contributed by atoms with Crippen LogP contribution in [-0.2, 0) is 19.6 Å². The molecular formula is C17H16F2N2O6S. The van der Waals surface area contributed by atoms with E-state index in [0.717, 1.165) is 0 Å². The predicted octanol–water partition coefficient (Wildman–Crippen LogP) is 1.99. The van der Waals surface area contributed by atoms with Crippen LogP contribution in [0.4, 0.5) is 14.5 Å². The largest absolute Gasteiger partial charge is 0.452 e. The van der Waals surface area contributed by atoms with Gasteiger partial charge in [0, 0.05) is 0 Å². The molecule has 2 aromatic carbocycles. The molecule has 0 radical (unpaired) electrons. The highest BCUT2D eigenvalue weighted by atomic mass is 32.2. The molecule has 0 aliphatic heterocycles. The molecule has 0 heterocycles. The van der Waals surface area contributed by atoms with Crippen LogP contribution in [0.1, 0.15) is 10.4 Å². The van der Waals surface area contributed by atoms with Crippen LogP contribution in [0.5, 0.6) is 5.75 Å². The van der Waals surface area contributed by atoms with Crippen LogP contribution in [0.15, 0.2) is 53.4 Å². The Labute approximate surface area is 159 Å². The summed E-state index contributed by atoms with van der Waals surface area (Å²) in [6.07, 6.45) is 0. The summed E-state index contributed by atoms with van der Waals surface area (Å²) in [5.74, 6) is -1.87. The molecule has 0 aliphatic carbocycles. The zero-order chi connectivity index (χ0) is 20.7. The van der Waals surface area contributed by atoms with Gasteiger partial charge in [-0.2, -0.15) is 8.78 Å². The van der Waals surface area contributed by atoms with E-state index in [1.165, 1.54) is 55.6 Å². The minimum atomic E-state index is -3.65. The number of carbonyl (C=O) groups is 2. The lowest BCUT2D eigenvalue weighted by molar-refractivity contribution is -0.119. The second-order valence-corrected chi connectivity index (χ2v) is 7.12. The Kier molecular flexibility index (Phi) is 7.01. The van der Waals surface area contributed by atoms with Gasteiger partial charge in [0.15, 0.2) is 6.61 Å². The Morgan fingerprint density at radius 1 is 1.07 bits per heavy atom. The highest BCUT2D eigenvalue weighted by Crippen LogP contribution is 2.25. The summed E-state index contributed by atoms with van der Waals surface area (Å²) in [6.45, 7) is -3.75. The van der Waals surface area contributed by atoms with E-state index < -0.39 is 35.1 Å². The number of benzene rings is 2. The monoisotopic (exact) mass is 414 g/mol. The van der Waals surface area contributed by atoms with Crippen molar-refractivity contribution in [2.75, 3.05) is 19.0 Å². The van der Waals surface area contributed by atoms with Crippen LogP contribution in [0.2, 0.25) is 0 Å². The standard InChI is InChI=1S/C17H16F2N2O6S/c1-20-28(24,25)12-8-6-11(7-9-12)16(23)26-10-15(22)21-13-4-2-3-5-14(13)27-17(18)19/h2-9,17,20H,10H2,1H3,(H,21,22). The number of anilines is 1. The molecule has 0 bridgehead atoms. The number of carbonyl (C=O) groups excluding carboxylic acids is 2. The maximum Gasteiger partial charge on any atom is 0.387 e. The van der Waals surface area contributed by atoms with E-state index in [9.17, 15) is 26.8 Å². The van der Waals surface area contributed by atoms with Gasteiger partial charge in [0.2, 0.25) is 10.0 Å². The smallest absolute Gasteiger partial charge is 0.387 e. The van der Waals surface area contributed by atoms with Gasteiger partial charge < -0.3 is 14.8 Å². The summed E-state index contributed by atoms with van der Waals surface area (Å²) >= 11 is 0. The van der Waals surface area contributed by atoms with Crippen molar-refractivity contribution >= 4 is 27.6 Å². The van der Waals surface area contributed by atoms with Crippen LogP contribution >= 0.6 is 0 Å². The van der Waals surface area contributed by atoms with Gasteiger partial charge in [-0.1, -0.05) is 12.1 Å². The zero-order valence-corrected chi connectivity index (χ0v) is 15.3. The minimum absolute atomic E-state index is 0.00882. The van der Waals surface area contributed by atoms with Gasteiger partial charge in [-0.25, -0.2) is 17.9 Å². The Bertz CT molecular complexity index is 948. The van der Waals surface area contributed by atoms with Crippen molar-refractivity contribution in [3.8, 4) is 5.75 Å². The van der Waals surface area contributed by atoms with Crippen molar-refractivity contribution < 1.29 is 36.3 Å². The average Bonchev–Trinajstić information content (AvgIpc) is 2.67. The molecule has 11 heteroatoms. The molecule has 1 amide bonds. The summed E-state index contributed by atoms with van der Waals surface area (Å²) in [4.78, 5) is 23.8. The summed E-state index contributed by atoms with van der Waals surface area (Å²) in [7, 11) is -2.39. The SMILES string of the molecule is CNS(=O)(=O)c1ccc(C(=O)OCC(=O)Nc2ccccc2OC(F)F)cc1. The molecule has 0 fully saturated rings. The number of amides is 1. The molecular weight excluding hydrogens is 398 g/mol. The number of nitrogens with one attached hydrogen (secondary N) is 2. The van der Waals surface area contributed by atoms with E-state index in [4.69, 9.17) is 4.74 Å². The summed E-state index contributed by atoms with van der Waals surface area (Å²) < 4.78 is 59.2. The zero-order valence-electron chi connectivity index (χ0n) is 14.5. The Hall–Kier alpha value is -3.05. The van der Waals surface area contributed by atoms with Crippen LogP contribution in [0, 0.1) is 0 Å². The number of hydrogen-bond acceptors (Lipinski definition) is 6. The Morgan fingerprint density at radius 3 is 2.32 bits per heavy atom. The van der Waals surface area contributed by atoms with Crippen LogP contribution < -0.4 is 14.8 Å². The molecule has 8 nitrogen and oxygen atoms in total. The first-order valence-electron chi connectivity index (χ1n) is 7.77. The molecule has 0 spiro atoms. The predicted molar refractivity (Wildman–Crippen MR) is 94.7 cm³/mol. The summed E-state index contributed by atoms with van der Waals surface area (Å²) in [5, 5.41) is 2.30. The van der Waals surface area contributed by atoms with Crippen molar-refractivity contribution in [3.05, 3.63) is 54.1 Å². The van der Waals surface area contributed by atoms with E-state index in [1.807, 2.05) is 0 Å². The lowest BCUT2D eigenvalue weighted by atomic mass is 10.2. The quantitative estimate of drug-likeness (QED) is 0.639. The first kappa shape index (κ1) is 21.3. The lowest BCUT2D eigenvalue weighted by Gasteiger charge is -2.11. The van der Waals surface area contributed by atoms with Gasteiger partial charge in [-0.15, -0.1) is 0 Å².